The summed E-state index contributed by atoms with van der Waals surface area (Å²) in [7, 11) is -1.64. The van der Waals surface area contributed by atoms with Crippen LogP contribution in [0.1, 0.15) is 19.7 Å². The zero-order valence-corrected chi connectivity index (χ0v) is 17.9. The van der Waals surface area contributed by atoms with Crippen LogP contribution in [-0.4, -0.2) is 65.6 Å². The van der Waals surface area contributed by atoms with Gasteiger partial charge in [-0.2, -0.15) is 13.2 Å². The second-order valence-corrected chi connectivity index (χ2v) is 9.23. The Morgan fingerprint density at radius 2 is 2.08 bits per heavy atom. The van der Waals surface area contributed by atoms with Crippen molar-refractivity contribution in [1.82, 2.24) is 19.8 Å². The third-order valence-electron chi connectivity index (χ3n) is 4.11. The van der Waals surface area contributed by atoms with E-state index < -0.39 is 27.3 Å². The van der Waals surface area contributed by atoms with Crippen molar-refractivity contribution in [3.63, 3.8) is 0 Å². The van der Waals surface area contributed by atoms with Gasteiger partial charge < -0.3 is 14.8 Å². The third kappa shape index (κ3) is 5.47. The molecule has 0 radical (unpaired) electrons. The van der Waals surface area contributed by atoms with Crippen LogP contribution in [0.25, 0.3) is 0 Å². The van der Waals surface area contributed by atoms with Crippen LogP contribution in [0.15, 0.2) is 17.4 Å². The zero-order valence-electron chi connectivity index (χ0n) is 14.7. The topological polar surface area (TPSA) is 79.6 Å². The van der Waals surface area contributed by atoms with Crippen molar-refractivity contribution >= 4 is 39.8 Å². The lowest BCUT2D eigenvalue weighted by Gasteiger charge is -2.39. The minimum Gasteiger partial charge on any atom is -0.349 e. The predicted octanol–water partition coefficient (Wildman–Crippen LogP) is 1.65. The minimum absolute atomic E-state index is 0. The van der Waals surface area contributed by atoms with Gasteiger partial charge in [0.25, 0.3) is 0 Å². The Bertz CT molecular complexity index is 746. The molecule has 1 aromatic heterocycles. The van der Waals surface area contributed by atoms with Crippen molar-refractivity contribution in [3.05, 3.63) is 18.2 Å². The molecule has 0 saturated carbocycles. The molecule has 0 bridgehead atoms. The van der Waals surface area contributed by atoms with Crippen LogP contribution in [0.3, 0.4) is 0 Å². The summed E-state index contributed by atoms with van der Waals surface area (Å²) in [6.45, 7) is 2.78. The maximum absolute atomic E-state index is 12.6. The van der Waals surface area contributed by atoms with E-state index in [1.54, 1.807) is 25.8 Å². The molecule has 0 amide bonds. The van der Waals surface area contributed by atoms with E-state index in [1.165, 1.54) is 12.4 Å². The molecule has 0 spiro atoms. The smallest absolute Gasteiger partial charge is 0.349 e. The Morgan fingerprint density at radius 1 is 1.42 bits per heavy atom. The Kier molecular flexibility index (Phi) is 7.35. The lowest BCUT2D eigenvalue weighted by atomic mass is 10.2. The average molecular weight is 509 g/mol. The molecule has 1 aliphatic rings. The van der Waals surface area contributed by atoms with Gasteiger partial charge in [-0.05, 0) is 13.8 Å². The number of rotatable bonds is 3. The Morgan fingerprint density at radius 3 is 2.62 bits per heavy atom. The molecule has 7 nitrogen and oxygen atoms in total. The van der Waals surface area contributed by atoms with Crippen LogP contribution in [-0.2, 0) is 22.9 Å². The third-order valence-corrected chi connectivity index (χ3v) is 6.64. The molecular formula is C14H23F3IN5O2S. The van der Waals surface area contributed by atoms with Crippen LogP contribution in [0.4, 0.5) is 13.2 Å². The van der Waals surface area contributed by atoms with Crippen molar-refractivity contribution in [2.24, 2.45) is 4.99 Å². The Hall–Kier alpha value is -1.05. The van der Waals surface area contributed by atoms with E-state index in [0.29, 0.717) is 5.96 Å². The highest BCUT2D eigenvalue weighted by Crippen LogP contribution is 2.23. The number of aliphatic imine (C=N–C) groups is 1. The number of guanidine groups is 1. The first-order valence-electron chi connectivity index (χ1n) is 7.70. The van der Waals surface area contributed by atoms with E-state index in [4.69, 9.17) is 0 Å². The van der Waals surface area contributed by atoms with Crippen molar-refractivity contribution in [2.75, 3.05) is 25.9 Å². The lowest BCUT2D eigenvalue weighted by Crippen LogP contribution is -2.57. The van der Waals surface area contributed by atoms with E-state index >= 15 is 0 Å². The fourth-order valence-electron chi connectivity index (χ4n) is 2.66. The van der Waals surface area contributed by atoms with Gasteiger partial charge in [0.1, 0.15) is 12.4 Å². The van der Waals surface area contributed by atoms with E-state index in [-0.39, 0.29) is 55.2 Å². The highest BCUT2D eigenvalue weighted by atomic mass is 127. The molecule has 12 heteroatoms. The monoisotopic (exact) mass is 509 g/mol. The summed E-state index contributed by atoms with van der Waals surface area (Å²) in [5.74, 6) is 0.663. The fraction of sp³-hybridized carbons (Fsp3) is 0.714. The number of halogens is 4. The van der Waals surface area contributed by atoms with E-state index in [2.05, 4.69) is 15.3 Å². The summed E-state index contributed by atoms with van der Waals surface area (Å²) in [6, 6.07) is 0. The highest BCUT2D eigenvalue weighted by Gasteiger charge is 2.41. The number of nitrogens with one attached hydrogen (secondary N) is 1. The standard InChI is InChI=1S/C14H22F3N5O2S.HI/c1-13(2)9-22(6-7-25(13,23)24)12(18-3)20-8-11-19-4-5-21(11)10-14(15,16)17;/h4-5H,6-10H2,1-3H3,(H,18,20);1H. The van der Waals surface area contributed by atoms with E-state index in [0.717, 1.165) is 4.57 Å². The van der Waals surface area contributed by atoms with E-state index in [1.807, 2.05) is 0 Å². The lowest BCUT2D eigenvalue weighted by molar-refractivity contribution is -0.141. The van der Waals surface area contributed by atoms with Crippen molar-refractivity contribution in [2.45, 2.75) is 37.9 Å². The first-order valence-corrected chi connectivity index (χ1v) is 9.35. The van der Waals surface area contributed by atoms with Crippen LogP contribution in [0.5, 0.6) is 0 Å². The van der Waals surface area contributed by atoms with Gasteiger partial charge in [-0.3, -0.25) is 4.99 Å². The molecule has 0 aliphatic carbocycles. The molecule has 1 fully saturated rings. The number of hydrogen-bond acceptors (Lipinski definition) is 4. The normalized spacial score (nSPS) is 19.8. The summed E-state index contributed by atoms with van der Waals surface area (Å²) < 4.78 is 61.9. The molecule has 2 heterocycles. The molecular weight excluding hydrogens is 486 g/mol. The average Bonchev–Trinajstić information content (AvgIpc) is 2.88. The van der Waals surface area contributed by atoms with Gasteiger partial charge in [0.15, 0.2) is 15.8 Å². The largest absolute Gasteiger partial charge is 0.406 e. The van der Waals surface area contributed by atoms with Crippen LogP contribution in [0.2, 0.25) is 0 Å². The van der Waals surface area contributed by atoms with Gasteiger partial charge in [0, 0.05) is 32.5 Å². The van der Waals surface area contributed by atoms with Gasteiger partial charge in [-0.1, -0.05) is 0 Å². The molecule has 26 heavy (non-hydrogen) atoms. The first-order chi connectivity index (χ1) is 11.5. The summed E-state index contributed by atoms with van der Waals surface area (Å²) in [5.41, 5.74) is 0. The molecule has 150 valence electrons. The minimum atomic E-state index is -4.33. The number of nitrogens with zero attached hydrogens (tertiary/aromatic N) is 4. The number of sulfone groups is 1. The van der Waals surface area contributed by atoms with Gasteiger partial charge in [-0.25, -0.2) is 13.4 Å². The van der Waals surface area contributed by atoms with Gasteiger partial charge in [-0.15, -0.1) is 24.0 Å². The summed E-state index contributed by atoms with van der Waals surface area (Å²) in [6.07, 6.45) is -1.76. The molecule has 2 rings (SSSR count). The van der Waals surface area contributed by atoms with Gasteiger partial charge in [0.05, 0.1) is 17.0 Å². The summed E-state index contributed by atoms with van der Waals surface area (Å²) in [5, 5.41) is 2.96. The van der Waals surface area contributed by atoms with E-state index in [9.17, 15) is 21.6 Å². The molecule has 1 aromatic rings. The SMILES string of the molecule is CN=C(NCc1nccn1CC(F)(F)F)N1CCS(=O)(=O)C(C)(C)C1.I. The maximum atomic E-state index is 12.6. The molecule has 1 saturated heterocycles. The first kappa shape index (κ1) is 23.0. The number of imidazole rings is 1. The predicted molar refractivity (Wildman–Crippen MR) is 103 cm³/mol. The quantitative estimate of drug-likeness (QED) is 0.381. The second-order valence-electron chi connectivity index (χ2n) is 6.49. The number of hydrogen-bond donors (Lipinski definition) is 1. The van der Waals surface area contributed by atoms with Crippen molar-refractivity contribution in [3.8, 4) is 0 Å². The van der Waals surface area contributed by atoms with Crippen LogP contribution >= 0.6 is 24.0 Å². The Labute approximate surface area is 168 Å². The summed E-state index contributed by atoms with van der Waals surface area (Å²) in [4.78, 5) is 9.83. The Balaban J connectivity index is 0.00000338. The number of alkyl halides is 3. The highest BCUT2D eigenvalue weighted by molar-refractivity contribution is 14.0. The fourth-order valence-corrected chi connectivity index (χ4v) is 4.03. The van der Waals surface area contributed by atoms with Crippen molar-refractivity contribution < 1.29 is 21.6 Å². The molecule has 0 atom stereocenters. The van der Waals surface area contributed by atoms with Crippen molar-refractivity contribution in [1.29, 1.82) is 0 Å². The maximum Gasteiger partial charge on any atom is 0.406 e. The molecule has 0 aromatic carbocycles. The van der Waals surface area contributed by atoms with Gasteiger partial charge >= 0.3 is 6.18 Å². The second kappa shape index (κ2) is 8.31. The van der Waals surface area contributed by atoms with Crippen LogP contribution in [0, 0.1) is 0 Å². The van der Waals surface area contributed by atoms with Gasteiger partial charge in [0.2, 0.25) is 0 Å². The number of aromatic nitrogens is 2. The summed E-state index contributed by atoms with van der Waals surface area (Å²) >= 11 is 0. The van der Waals surface area contributed by atoms with Crippen LogP contribution < -0.4 is 5.32 Å². The molecule has 0 unspecified atom stereocenters. The molecule has 1 aliphatic heterocycles. The zero-order chi connectivity index (χ0) is 18.9. The molecule has 1 N–H and O–H groups in total.